The highest BCUT2D eigenvalue weighted by atomic mass is 19.3. The second-order valence-corrected chi connectivity index (χ2v) is 5.00. The number of hydrogen-bond acceptors (Lipinski definition) is 4. The van der Waals surface area contributed by atoms with Gasteiger partial charge in [-0.15, -0.1) is 0 Å². The molecule has 122 valence electrons. The molecule has 7 heteroatoms. The Morgan fingerprint density at radius 3 is 2.41 bits per heavy atom. The molecule has 0 aromatic heterocycles. The van der Waals surface area contributed by atoms with Crippen LogP contribution in [0.25, 0.3) is 0 Å². The van der Waals surface area contributed by atoms with Crippen LogP contribution in [0.4, 0.5) is 8.78 Å². The highest BCUT2D eigenvalue weighted by Gasteiger charge is 2.31. The van der Waals surface area contributed by atoms with Crippen molar-refractivity contribution < 1.29 is 27.8 Å². The predicted octanol–water partition coefficient (Wildman–Crippen LogP) is 2.12. The van der Waals surface area contributed by atoms with Gasteiger partial charge in [0.1, 0.15) is 17.6 Å². The van der Waals surface area contributed by atoms with Crippen LogP contribution in [0.2, 0.25) is 0 Å². The Bertz CT molecular complexity index is 525. The van der Waals surface area contributed by atoms with Gasteiger partial charge in [0.05, 0.1) is 27.4 Å². The van der Waals surface area contributed by atoms with Gasteiger partial charge >= 0.3 is 0 Å². The number of rotatable bonds is 4. The molecule has 1 amide bonds. The molecule has 0 radical (unpaired) electrons. The summed E-state index contributed by atoms with van der Waals surface area (Å²) in [6, 6.07) is 3.18. The largest absolute Gasteiger partial charge is 0.496 e. The van der Waals surface area contributed by atoms with E-state index < -0.39 is 12.5 Å². The van der Waals surface area contributed by atoms with E-state index in [-0.39, 0.29) is 25.6 Å². The Kier molecular flexibility index (Phi) is 5.18. The number of carbonyl (C=O) groups is 1. The van der Waals surface area contributed by atoms with Crippen molar-refractivity contribution in [1.82, 2.24) is 4.90 Å². The van der Waals surface area contributed by atoms with E-state index in [1.54, 1.807) is 12.1 Å². The molecule has 1 aliphatic rings. The van der Waals surface area contributed by atoms with E-state index in [0.29, 0.717) is 17.1 Å². The van der Waals surface area contributed by atoms with Crippen molar-refractivity contribution in [2.24, 2.45) is 0 Å². The zero-order valence-corrected chi connectivity index (χ0v) is 12.8. The van der Waals surface area contributed by atoms with Crippen molar-refractivity contribution in [3.8, 4) is 11.5 Å². The molecule has 0 bridgehead atoms. The minimum Gasteiger partial charge on any atom is -0.496 e. The van der Waals surface area contributed by atoms with Gasteiger partial charge in [-0.2, -0.15) is 0 Å². The third kappa shape index (κ3) is 3.30. The van der Waals surface area contributed by atoms with Crippen LogP contribution in [0.1, 0.15) is 15.9 Å². The lowest BCUT2D eigenvalue weighted by atomic mass is 10.1. The fraction of sp³-hybridized carbons (Fsp3) is 0.533. The first-order chi connectivity index (χ1) is 10.5. The topological polar surface area (TPSA) is 48.0 Å². The summed E-state index contributed by atoms with van der Waals surface area (Å²) in [4.78, 5) is 13.9. The Labute approximate surface area is 127 Å². The molecule has 1 aliphatic heterocycles. The van der Waals surface area contributed by atoms with E-state index in [1.165, 1.54) is 19.1 Å². The molecule has 1 atom stereocenters. The predicted molar refractivity (Wildman–Crippen MR) is 75.9 cm³/mol. The number of halogens is 2. The van der Waals surface area contributed by atoms with Crippen LogP contribution < -0.4 is 9.47 Å². The number of ether oxygens (including phenoxy) is 3. The van der Waals surface area contributed by atoms with Gasteiger partial charge in [-0.1, -0.05) is 0 Å². The molecular weight excluding hydrogens is 296 g/mol. The molecule has 1 aromatic rings. The van der Waals surface area contributed by atoms with E-state index in [9.17, 15) is 13.6 Å². The van der Waals surface area contributed by atoms with E-state index in [0.717, 1.165) is 5.56 Å². The summed E-state index contributed by atoms with van der Waals surface area (Å²) in [7, 11) is 3.00. The van der Waals surface area contributed by atoms with E-state index in [2.05, 4.69) is 0 Å². The summed E-state index contributed by atoms with van der Waals surface area (Å²) >= 11 is 0. The SMILES string of the molecule is COc1cc(C(=O)N2CCO[C@H](C(F)F)C2)cc(OC)c1C. The number of morpholine rings is 1. The summed E-state index contributed by atoms with van der Waals surface area (Å²) in [5.74, 6) is 0.688. The highest BCUT2D eigenvalue weighted by Crippen LogP contribution is 2.30. The van der Waals surface area contributed by atoms with Crippen molar-refractivity contribution >= 4 is 5.91 Å². The van der Waals surface area contributed by atoms with E-state index in [1.807, 2.05) is 6.92 Å². The zero-order valence-electron chi connectivity index (χ0n) is 12.8. The van der Waals surface area contributed by atoms with Crippen molar-refractivity contribution in [2.75, 3.05) is 33.9 Å². The second-order valence-electron chi connectivity index (χ2n) is 5.00. The Hall–Kier alpha value is -1.89. The van der Waals surface area contributed by atoms with Crippen LogP contribution in [0.3, 0.4) is 0 Å². The third-order valence-electron chi connectivity index (χ3n) is 3.66. The molecule has 1 saturated heterocycles. The molecule has 0 N–H and O–H groups in total. The molecule has 0 saturated carbocycles. The Morgan fingerprint density at radius 2 is 1.91 bits per heavy atom. The van der Waals surface area contributed by atoms with Gasteiger partial charge in [-0.3, -0.25) is 4.79 Å². The van der Waals surface area contributed by atoms with Gasteiger partial charge in [-0.25, -0.2) is 8.78 Å². The van der Waals surface area contributed by atoms with Gasteiger partial charge in [0.15, 0.2) is 0 Å². The maximum atomic E-state index is 12.7. The Balaban J connectivity index is 2.25. The molecule has 1 fully saturated rings. The number of benzene rings is 1. The van der Waals surface area contributed by atoms with Crippen molar-refractivity contribution in [3.05, 3.63) is 23.3 Å². The first-order valence-corrected chi connectivity index (χ1v) is 6.89. The molecule has 0 spiro atoms. The van der Waals surface area contributed by atoms with Gasteiger partial charge in [0.2, 0.25) is 0 Å². The molecule has 0 aliphatic carbocycles. The third-order valence-corrected chi connectivity index (χ3v) is 3.66. The lowest BCUT2D eigenvalue weighted by molar-refractivity contribution is -0.0942. The van der Waals surface area contributed by atoms with E-state index >= 15 is 0 Å². The van der Waals surface area contributed by atoms with Crippen LogP contribution in [-0.4, -0.2) is 57.3 Å². The average Bonchev–Trinajstić information content (AvgIpc) is 2.54. The fourth-order valence-corrected chi connectivity index (χ4v) is 2.40. The molecule has 22 heavy (non-hydrogen) atoms. The van der Waals surface area contributed by atoms with Crippen LogP contribution in [-0.2, 0) is 4.74 Å². The second kappa shape index (κ2) is 6.91. The number of hydrogen-bond donors (Lipinski definition) is 0. The molecular formula is C15H19F2NO4. The number of carbonyl (C=O) groups excluding carboxylic acids is 1. The first-order valence-electron chi connectivity index (χ1n) is 6.89. The lowest BCUT2D eigenvalue weighted by Gasteiger charge is -2.32. The quantitative estimate of drug-likeness (QED) is 0.854. The minimum atomic E-state index is -2.61. The van der Waals surface area contributed by atoms with Crippen molar-refractivity contribution in [1.29, 1.82) is 0 Å². The fourth-order valence-electron chi connectivity index (χ4n) is 2.40. The van der Waals surface area contributed by atoms with Crippen LogP contribution in [0.5, 0.6) is 11.5 Å². The highest BCUT2D eigenvalue weighted by molar-refractivity contribution is 5.95. The number of alkyl halides is 2. The number of methoxy groups -OCH3 is 2. The average molecular weight is 315 g/mol. The normalized spacial score (nSPS) is 18.5. The molecule has 5 nitrogen and oxygen atoms in total. The standard InChI is InChI=1S/C15H19F2NO4/c1-9-11(20-2)6-10(7-12(9)21-3)15(19)18-4-5-22-13(8-18)14(16)17/h6-7,13-14H,4-5,8H2,1-3H3/t13-/m0/s1. The van der Waals surface area contributed by atoms with Gasteiger partial charge in [-0.05, 0) is 19.1 Å². The first kappa shape index (κ1) is 16.5. The van der Waals surface area contributed by atoms with Gasteiger partial charge < -0.3 is 19.1 Å². The van der Waals surface area contributed by atoms with Gasteiger partial charge in [0.25, 0.3) is 12.3 Å². The molecule has 0 unspecified atom stereocenters. The summed E-state index contributed by atoms with van der Waals surface area (Å²) in [5.41, 5.74) is 1.11. The van der Waals surface area contributed by atoms with Crippen LogP contribution in [0, 0.1) is 6.92 Å². The number of amides is 1. The van der Waals surface area contributed by atoms with E-state index in [4.69, 9.17) is 14.2 Å². The van der Waals surface area contributed by atoms with Crippen LogP contribution >= 0.6 is 0 Å². The van der Waals surface area contributed by atoms with Crippen molar-refractivity contribution in [3.63, 3.8) is 0 Å². The summed E-state index contributed by atoms with van der Waals surface area (Å²) in [6.45, 7) is 2.06. The monoisotopic (exact) mass is 315 g/mol. The zero-order chi connectivity index (χ0) is 16.3. The maximum absolute atomic E-state index is 12.7. The minimum absolute atomic E-state index is 0.0981. The summed E-state index contributed by atoms with van der Waals surface area (Å²) < 4.78 is 40.9. The summed E-state index contributed by atoms with van der Waals surface area (Å²) in [6.07, 6.45) is -3.86. The maximum Gasteiger partial charge on any atom is 0.266 e. The number of nitrogens with zero attached hydrogens (tertiary/aromatic N) is 1. The lowest BCUT2D eigenvalue weighted by Crippen LogP contribution is -2.48. The Morgan fingerprint density at radius 1 is 1.32 bits per heavy atom. The summed E-state index contributed by atoms with van der Waals surface area (Å²) in [5, 5.41) is 0. The van der Waals surface area contributed by atoms with Gasteiger partial charge in [0, 0.05) is 17.7 Å². The molecule has 2 rings (SSSR count). The smallest absolute Gasteiger partial charge is 0.266 e. The van der Waals surface area contributed by atoms with Crippen molar-refractivity contribution in [2.45, 2.75) is 19.5 Å². The molecule has 1 heterocycles. The van der Waals surface area contributed by atoms with Crippen LogP contribution in [0.15, 0.2) is 12.1 Å². The molecule has 1 aromatic carbocycles.